The Morgan fingerprint density at radius 2 is 2.18 bits per heavy atom. The molecule has 17 heavy (non-hydrogen) atoms. The van der Waals surface area contributed by atoms with Gasteiger partial charge in [-0.05, 0) is 24.6 Å². The monoisotopic (exact) mass is 249 g/mol. The van der Waals surface area contributed by atoms with Gasteiger partial charge >= 0.3 is 0 Å². The van der Waals surface area contributed by atoms with E-state index in [9.17, 15) is 4.79 Å². The van der Waals surface area contributed by atoms with Gasteiger partial charge in [-0.3, -0.25) is 4.79 Å². The number of fused-ring (bicyclic) bond motifs is 1. The van der Waals surface area contributed by atoms with Crippen LogP contribution in [0, 0.1) is 5.92 Å². The largest absolute Gasteiger partial charge is 0.396 e. The van der Waals surface area contributed by atoms with Crippen molar-refractivity contribution in [3.05, 3.63) is 45.8 Å². The molecule has 1 aromatic carbocycles. The smallest absolute Gasteiger partial charge is 0.258 e. The third-order valence-corrected chi connectivity index (χ3v) is 3.73. The molecule has 0 amide bonds. The molecule has 2 atom stereocenters. The number of hydrogen-bond acceptors (Lipinski definition) is 2. The van der Waals surface area contributed by atoms with Crippen LogP contribution in [0.4, 0.5) is 0 Å². The molecule has 1 heterocycles. The van der Waals surface area contributed by atoms with E-state index in [-0.39, 0.29) is 24.1 Å². The number of aliphatic hydroxyl groups is 1. The number of rotatable bonds is 2. The van der Waals surface area contributed by atoms with Crippen molar-refractivity contribution in [2.24, 2.45) is 5.92 Å². The van der Waals surface area contributed by atoms with Gasteiger partial charge in [0.15, 0.2) is 0 Å². The molecule has 4 heteroatoms. The highest BCUT2D eigenvalue weighted by Crippen LogP contribution is 2.41. The first kappa shape index (κ1) is 10.8. The maximum absolute atomic E-state index is 12.2. The van der Waals surface area contributed by atoms with Gasteiger partial charge in [0, 0.05) is 40.6 Å². The second-order valence-corrected chi connectivity index (χ2v) is 4.88. The summed E-state index contributed by atoms with van der Waals surface area (Å²) in [7, 11) is 0. The summed E-state index contributed by atoms with van der Waals surface area (Å²) in [5, 5.41) is 11.1. The van der Waals surface area contributed by atoms with Crippen molar-refractivity contribution < 1.29 is 5.11 Å². The summed E-state index contributed by atoms with van der Waals surface area (Å²) in [5.74, 6) is 0.226. The molecule has 2 aromatic rings. The lowest BCUT2D eigenvalue weighted by molar-refractivity contribution is 0.268. The Kier molecular flexibility index (Phi) is 2.45. The molecule has 1 aliphatic rings. The predicted octanol–water partition coefficient (Wildman–Crippen LogP) is 2.21. The molecule has 1 aromatic heterocycles. The summed E-state index contributed by atoms with van der Waals surface area (Å²) >= 11 is 6.04. The Morgan fingerprint density at radius 3 is 2.88 bits per heavy atom. The molecule has 88 valence electrons. The molecule has 3 nitrogen and oxygen atoms in total. The topological polar surface area (TPSA) is 42.2 Å². The predicted molar refractivity (Wildman–Crippen MR) is 67.4 cm³/mol. The van der Waals surface area contributed by atoms with E-state index in [1.165, 1.54) is 0 Å². The lowest BCUT2D eigenvalue weighted by Gasteiger charge is -2.07. The molecule has 1 fully saturated rings. The van der Waals surface area contributed by atoms with Gasteiger partial charge < -0.3 is 9.67 Å². The van der Waals surface area contributed by atoms with Gasteiger partial charge in [-0.25, -0.2) is 0 Å². The normalized spacial score (nSPS) is 22.9. The third-order valence-electron chi connectivity index (χ3n) is 3.40. The Bertz CT molecular complexity index is 635. The van der Waals surface area contributed by atoms with Crippen LogP contribution in [0.25, 0.3) is 10.8 Å². The fraction of sp³-hybridized carbons (Fsp3) is 0.308. The fourth-order valence-electron chi connectivity index (χ4n) is 2.28. The molecular weight excluding hydrogens is 238 g/mol. The van der Waals surface area contributed by atoms with Crippen molar-refractivity contribution in [1.82, 2.24) is 4.57 Å². The van der Waals surface area contributed by atoms with Crippen LogP contribution >= 0.6 is 11.6 Å². The number of halogens is 1. The van der Waals surface area contributed by atoms with Gasteiger partial charge in [-0.1, -0.05) is 17.7 Å². The first-order chi connectivity index (χ1) is 8.22. The fourth-order valence-corrected chi connectivity index (χ4v) is 2.52. The van der Waals surface area contributed by atoms with E-state index in [0.717, 1.165) is 11.8 Å². The zero-order valence-corrected chi connectivity index (χ0v) is 9.89. The minimum atomic E-state index is -0.0223. The van der Waals surface area contributed by atoms with Crippen LogP contribution in [0.2, 0.25) is 5.02 Å². The SMILES string of the molecule is O=c1c2cccc(Cl)c2ccn1C1CC1CO. The number of aromatic nitrogens is 1. The number of pyridine rings is 1. The van der Waals surface area contributed by atoms with E-state index in [1.54, 1.807) is 29.0 Å². The molecule has 2 unspecified atom stereocenters. The van der Waals surface area contributed by atoms with Gasteiger partial charge in [0.1, 0.15) is 0 Å². The zero-order valence-electron chi connectivity index (χ0n) is 9.14. The standard InChI is InChI=1S/C13H12ClNO2/c14-11-3-1-2-10-9(11)4-5-15(13(10)17)12-6-8(12)7-16/h1-5,8,12,16H,6-7H2. The lowest BCUT2D eigenvalue weighted by atomic mass is 10.2. The Morgan fingerprint density at radius 1 is 1.35 bits per heavy atom. The quantitative estimate of drug-likeness (QED) is 0.887. The Labute approximate surface area is 103 Å². The van der Waals surface area contributed by atoms with Crippen LogP contribution < -0.4 is 5.56 Å². The molecule has 0 bridgehead atoms. The van der Waals surface area contributed by atoms with Crippen LogP contribution in [0.15, 0.2) is 35.3 Å². The van der Waals surface area contributed by atoms with Crippen molar-refractivity contribution in [1.29, 1.82) is 0 Å². The molecular formula is C13H12ClNO2. The van der Waals surface area contributed by atoms with E-state index in [1.807, 2.05) is 6.07 Å². The molecule has 0 spiro atoms. The zero-order chi connectivity index (χ0) is 12.0. The van der Waals surface area contributed by atoms with E-state index in [2.05, 4.69) is 0 Å². The average molecular weight is 250 g/mol. The van der Waals surface area contributed by atoms with Crippen LogP contribution in [0.5, 0.6) is 0 Å². The van der Waals surface area contributed by atoms with E-state index in [0.29, 0.717) is 10.4 Å². The molecule has 3 rings (SSSR count). The molecule has 1 saturated carbocycles. The number of hydrogen-bond donors (Lipinski definition) is 1. The van der Waals surface area contributed by atoms with E-state index >= 15 is 0 Å². The van der Waals surface area contributed by atoms with Crippen LogP contribution in [0.1, 0.15) is 12.5 Å². The summed E-state index contributed by atoms with van der Waals surface area (Å²) in [6, 6.07) is 7.37. The number of nitrogens with zero attached hydrogens (tertiary/aromatic N) is 1. The summed E-state index contributed by atoms with van der Waals surface area (Å²) < 4.78 is 1.71. The van der Waals surface area contributed by atoms with Gasteiger partial charge in [-0.15, -0.1) is 0 Å². The van der Waals surface area contributed by atoms with Gasteiger partial charge in [-0.2, -0.15) is 0 Å². The molecule has 1 aliphatic carbocycles. The van der Waals surface area contributed by atoms with Crippen LogP contribution in [-0.2, 0) is 0 Å². The third kappa shape index (κ3) is 1.66. The summed E-state index contributed by atoms with van der Waals surface area (Å²) in [6.07, 6.45) is 2.65. The Balaban J connectivity index is 2.18. The van der Waals surface area contributed by atoms with Crippen molar-refractivity contribution >= 4 is 22.4 Å². The number of benzene rings is 1. The van der Waals surface area contributed by atoms with Crippen molar-refractivity contribution in [3.8, 4) is 0 Å². The molecule has 0 saturated heterocycles. The first-order valence-electron chi connectivity index (χ1n) is 5.62. The van der Waals surface area contributed by atoms with Crippen LogP contribution in [-0.4, -0.2) is 16.3 Å². The average Bonchev–Trinajstić information content (AvgIpc) is 3.10. The number of aliphatic hydroxyl groups excluding tert-OH is 1. The molecule has 0 radical (unpaired) electrons. The summed E-state index contributed by atoms with van der Waals surface area (Å²) in [6.45, 7) is 0.144. The first-order valence-corrected chi connectivity index (χ1v) is 6.00. The highest BCUT2D eigenvalue weighted by atomic mass is 35.5. The van der Waals surface area contributed by atoms with Gasteiger partial charge in [0.05, 0.1) is 0 Å². The highest BCUT2D eigenvalue weighted by molar-refractivity contribution is 6.35. The highest BCUT2D eigenvalue weighted by Gasteiger charge is 2.38. The lowest BCUT2D eigenvalue weighted by Crippen LogP contribution is -2.19. The second kappa shape index (κ2) is 3.86. The minimum Gasteiger partial charge on any atom is -0.396 e. The minimum absolute atomic E-state index is 0.0223. The van der Waals surface area contributed by atoms with Crippen molar-refractivity contribution in [3.63, 3.8) is 0 Å². The van der Waals surface area contributed by atoms with Crippen molar-refractivity contribution in [2.45, 2.75) is 12.5 Å². The van der Waals surface area contributed by atoms with E-state index < -0.39 is 0 Å². The summed E-state index contributed by atoms with van der Waals surface area (Å²) in [4.78, 5) is 12.2. The van der Waals surface area contributed by atoms with Gasteiger partial charge in [0.2, 0.25) is 0 Å². The molecule has 0 aliphatic heterocycles. The van der Waals surface area contributed by atoms with Crippen LogP contribution in [0.3, 0.4) is 0 Å². The maximum Gasteiger partial charge on any atom is 0.258 e. The summed E-state index contributed by atoms with van der Waals surface area (Å²) in [5.41, 5.74) is -0.0223. The van der Waals surface area contributed by atoms with Crippen molar-refractivity contribution in [2.75, 3.05) is 6.61 Å². The Hall–Kier alpha value is -1.32. The molecule has 1 N–H and O–H groups in total. The van der Waals surface area contributed by atoms with Gasteiger partial charge in [0.25, 0.3) is 5.56 Å². The maximum atomic E-state index is 12.2. The van der Waals surface area contributed by atoms with E-state index in [4.69, 9.17) is 16.7 Å². The second-order valence-electron chi connectivity index (χ2n) is 4.47.